The number of rotatable bonds is 2. The number of halogens is 2. The Labute approximate surface area is 101 Å². The fourth-order valence-electron chi connectivity index (χ4n) is 1.24. The van der Waals surface area contributed by atoms with Crippen molar-refractivity contribution < 1.29 is 9.13 Å². The lowest BCUT2D eigenvalue weighted by atomic mass is 10.2. The molecule has 0 saturated carbocycles. The molecule has 0 bridgehead atoms. The number of hydrogen-bond donors (Lipinski definition) is 0. The standard InChI is InChI=1S/C12H9BrFNO/c1-8-5-6-9(13)7-10(8)16-12-4-2-3-11(14)15-12/h2-7H,1H3. The number of aromatic nitrogens is 1. The first-order valence-electron chi connectivity index (χ1n) is 4.72. The van der Waals surface area contributed by atoms with Gasteiger partial charge in [0.1, 0.15) is 5.75 Å². The van der Waals surface area contributed by atoms with Crippen molar-refractivity contribution in [2.24, 2.45) is 0 Å². The smallest absolute Gasteiger partial charge is 0.221 e. The molecule has 0 radical (unpaired) electrons. The van der Waals surface area contributed by atoms with Gasteiger partial charge in [0.25, 0.3) is 0 Å². The van der Waals surface area contributed by atoms with Gasteiger partial charge < -0.3 is 4.74 Å². The van der Waals surface area contributed by atoms with Crippen LogP contribution in [0.1, 0.15) is 5.56 Å². The summed E-state index contributed by atoms with van der Waals surface area (Å²) in [6.07, 6.45) is 0. The summed E-state index contributed by atoms with van der Waals surface area (Å²) in [7, 11) is 0. The van der Waals surface area contributed by atoms with Gasteiger partial charge >= 0.3 is 0 Å². The van der Waals surface area contributed by atoms with E-state index in [0.717, 1.165) is 10.0 Å². The van der Waals surface area contributed by atoms with Crippen molar-refractivity contribution in [2.45, 2.75) is 6.92 Å². The van der Waals surface area contributed by atoms with Gasteiger partial charge in [0.15, 0.2) is 0 Å². The first-order chi connectivity index (χ1) is 7.65. The zero-order chi connectivity index (χ0) is 11.5. The van der Waals surface area contributed by atoms with Crippen molar-refractivity contribution in [3.8, 4) is 11.6 Å². The van der Waals surface area contributed by atoms with Crippen molar-refractivity contribution >= 4 is 15.9 Å². The average molecular weight is 282 g/mol. The molecule has 0 unspecified atom stereocenters. The molecule has 0 saturated heterocycles. The Balaban J connectivity index is 2.30. The van der Waals surface area contributed by atoms with Gasteiger partial charge in [0.05, 0.1) is 0 Å². The summed E-state index contributed by atoms with van der Waals surface area (Å²) in [4.78, 5) is 3.64. The number of aryl methyl sites for hydroxylation is 1. The molecule has 0 amide bonds. The average Bonchev–Trinajstić information content (AvgIpc) is 2.24. The molecule has 2 rings (SSSR count). The Morgan fingerprint density at radius 3 is 2.81 bits per heavy atom. The van der Waals surface area contributed by atoms with E-state index in [9.17, 15) is 4.39 Å². The second kappa shape index (κ2) is 4.61. The predicted molar refractivity (Wildman–Crippen MR) is 63.1 cm³/mol. The summed E-state index contributed by atoms with van der Waals surface area (Å²) >= 11 is 3.35. The molecule has 0 fully saturated rings. The highest BCUT2D eigenvalue weighted by Crippen LogP contribution is 2.26. The SMILES string of the molecule is Cc1ccc(Br)cc1Oc1cccc(F)n1. The van der Waals surface area contributed by atoms with Gasteiger partial charge in [-0.05, 0) is 30.7 Å². The number of pyridine rings is 1. The van der Waals surface area contributed by atoms with Gasteiger partial charge in [0.2, 0.25) is 11.8 Å². The molecule has 2 nitrogen and oxygen atoms in total. The van der Waals surface area contributed by atoms with Gasteiger partial charge in [-0.2, -0.15) is 9.37 Å². The van der Waals surface area contributed by atoms with Crippen molar-refractivity contribution in [2.75, 3.05) is 0 Å². The molecule has 0 spiro atoms. The van der Waals surface area contributed by atoms with E-state index < -0.39 is 5.95 Å². The van der Waals surface area contributed by atoms with E-state index in [0.29, 0.717) is 5.75 Å². The Morgan fingerprint density at radius 1 is 1.25 bits per heavy atom. The largest absolute Gasteiger partial charge is 0.439 e. The first-order valence-corrected chi connectivity index (χ1v) is 5.51. The molecule has 0 aliphatic carbocycles. The van der Waals surface area contributed by atoms with Crippen LogP contribution in [0.2, 0.25) is 0 Å². The van der Waals surface area contributed by atoms with Gasteiger partial charge in [-0.25, -0.2) is 0 Å². The number of hydrogen-bond acceptors (Lipinski definition) is 2. The first kappa shape index (κ1) is 11.1. The van der Waals surface area contributed by atoms with E-state index in [-0.39, 0.29) is 5.88 Å². The minimum absolute atomic E-state index is 0.251. The topological polar surface area (TPSA) is 22.1 Å². The monoisotopic (exact) mass is 281 g/mol. The van der Waals surface area contributed by atoms with Gasteiger partial charge in [-0.15, -0.1) is 0 Å². The Hall–Kier alpha value is -1.42. The highest BCUT2D eigenvalue weighted by molar-refractivity contribution is 9.10. The molecular weight excluding hydrogens is 273 g/mol. The van der Waals surface area contributed by atoms with Crippen LogP contribution < -0.4 is 4.74 Å². The molecule has 16 heavy (non-hydrogen) atoms. The minimum atomic E-state index is -0.551. The van der Waals surface area contributed by atoms with Crippen molar-refractivity contribution in [3.63, 3.8) is 0 Å². The molecule has 82 valence electrons. The molecule has 2 aromatic rings. The molecule has 4 heteroatoms. The normalized spacial score (nSPS) is 10.2. The number of nitrogens with zero attached hydrogens (tertiary/aromatic N) is 1. The fourth-order valence-corrected chi connectivity index (χ4v) is 1.58. The summed E-state index contributed by atoms with van der Waals surface area (Å²) in [5.41, 5.74) is 0.967. The van der Waals surface area contributed by atoms with E-state index in [2.05, 4.69) is 20.9 Å². The molecular formula is C12H9BrFNO. The minimum Gasteiger partial charge on any atom is -0.439 e. The summed E-state index contributed by atoms with van der Waals surface area (Å²) in [5, 5.41) is 0. The fraction of sp³-hybridized carbons (Fsp3) is 0.0833. The summed E-state index contributed by atoms with van der Waals surface area (Å²) < 4.78 is 19.2. The van der Waals surface area contributed by atoms with Crippen LogP contribution in [0, 0.1) is 12.9 Å². The second-order valence-corrected chi connectivity index (χ2v) is 4.23. The van der Waals surface area contributed by atoms with Crippen LogP contribution in [0.3, 0.4) is 0 Å². The Bertz CT molecular complexity index is 516. The van der Waals surface area contributed by atoms with Crippen LogP contribution in [-0.2, 0) is 0 Å². The molecule has 0 aliphatic heterocycles. The zero-order valence-electron chi connectivity index (χ0n) is 8.58. The summed E-state index contributed by atoms with van der Waals surface area (Å²) in [6, 6.07) is 10.1. The van der Waals surface area contributed by atoms with Crippen molar-refractivity contribution in [3.05, 3.63) is 52.4 Å². The van der Waals surface area contributed by atoms with E-state index in [1.807, 2.05) is 25.1 Å². The number of benzene rings is 1. The van der Waals surface area contributed by atoms with E-state index in [1.54, 1.807) is 12.1 Å². The summed E-state index contributed by atoms with van der Waals surface area (Å²) in [6.45, 7) is 1.92. The maximum absolute atomic E-state index is 12.8. The highest BCUT2D eigenvalue weighted by Gasteiger charge is 2.04. The maximum Gasteiger partial charge on any atom is 0.221 e. The third-order valence-corrected chi connectivity index (χ3v) is 2.55. The lowest BCUT2D eigenvalue weighted by Crippen LogP contribution is -1.91. The van der Waals surface area contributed by atoms with Crippen LogP contribution in [0.4, 0.5) is 4.39 Å². The number of ether oxygens (including phenoxy) is 1. The molecule has 1 aromatic heterocycles. The highest BCUT2D eigenvalue weighted by atomic mass is 79.9. The van der Waals surface area contributed by atoms with Crippen molar-refractivity contribution in [1.29, 1.82) is 0 Å². The van der Waals surface area contributed by atoms with Crippen LogP contribution in [0.5, 0.6) is 11.6 Å². The molecule has 0 atom stereocenters. The van der Waals surface area contributed by atoms with Gasteiger partial charge in [0, 0.05) is 10.5 Å². The third kappa shape index (κ3) is 2.58. The van der Waals surface area contributed by atoms with Crippen LogP contribution >= 0.6 is 15.9 Å². The second-order valence-electron chi connectivity index (χ2n) is 3.31. The third-order valence-electron chi connectivity index (χ3n) is 2.05. The quantitative estimate of drug-likeness (QED) is 0.774. The van der Waals surface area contributed by atoms with E-state index in [1.165, 1.54) is 6.07 Å². The van der Waals surface area contributed by atoms with Gasteiger partial charge in [-0.3, -0.25) is 0 Å². The lowest BCUT2D eigenvalue weighted by molar-refractivity contribution is 0.442. The van der Waals surface area contributed by atoms with Crippen LogP contribution in [0.15, 0.2) is 40.9 Å². The molecule has 1 heterocycles. The summed E-state index contributed by atoms with van der Waals surface area (Å²) in [5.74, 6) is 0.360. The predicted octanol–water partition coefficient (Wildman–Crippen LogP) is 4.08. The molecule has 1 aromatic carbocycles. The van der Waals surface area contributed by atoms with Crippen molar-refractivity contribution in [1.82, 2.24) is 4.98 Å². The van der Waals surface area contributed by atoms with Gasteiger partial charge in [-0.1, -0.05) is 28.1 Å². The zero-order valence-corrected chi connectivity index (χ0v) is 10.2. The van der Waals surface area contributed by atoms with E-state index >= 15 is 0 Å². The Kier molecular flexibility index (Phi) is 3.19. The Morgan fingerprint density at radius 2 is 2.06 bits per heavy atom. The van der Waals surface area contributed by atoms with Crippen LogP contribution in [0.25, 0.3) is 0 Å². The van der Waals surface area contributed by atoms with E-state index in [4.69, 9.17) is 4.74 Å². The molecule has 0 aliphatic rings. The lowest BCUT2D eigenvalue weighted by Gasteiger charge is -2.07. The maximum atomic E-state index is 12.8. The molecule has 0 N–H and O–H groups in total. The van der Waals surface area contributed by atoms with Crippen LogP contribution in [-0.4, -0.2) is 4.98 Å².